The van der Waals surface area contributed by atoms with Crippen LogP contribution in [-0.4, -0.2) is 20.6 Å². The largest absolute Gasteiger partial charge is 0.478 e. The highest BCUT2D eigenvalue weighted by Crippen LogP contribution is 2.31. The number of nitrogen functional groups attached to an aromatic ring is 1. The Morgan fingerprint density at radius 1 is 0.923 bits per heavy atom. The van der Waals surface area contributed by atoms with Crippen molar-refractivity contribution in [2.75, 3.05) is 5.73 Å². The number of ether oxygens (including phenoxy) is 1. The van der Waals surface area contributed by atoms with Crippen molar-refractivity contribution in [2.45, 2.75) is 19.9 Å². The van der Waals surface area contributed by atoms with Crippen molar-refractivity contribution in [3.05, 3.63) is 118 Å². The molecule has 5 rings (SSSR count). The lowest BCUT2D eigenvalue weighted by Crippen LogP contribution is -2.02. The van der Waals surface area contributed by atoms with Crippen LogP contribution in [0.4, 0.5) is 5.69 Å². The molecule has 0 radical (unpaired) electrons. The van der Waals surface area contributed by atoms with E-state index in [1.807, 2.05) is 42.6 Å². The Hall–Kier alpha value is -4.26. The molecule has 4 aromatic carbocycles. The van der Waals surface area contributed by atoms with Crippen molar-refractivity contribution in [2.24, 2.45) is 0 Å². The van der Waals surface area contributed by atoms with Gasteiger partial charge in [-0.15, -0.1) is 0 Å². The highest BCUT2D eigenvalue weighted by molar-refractivity contribution is 6.36. The molecule has 1 aromatic heterocycles. The van der Waals surface area contributed by atoms with E-state index in [0.717, 1.165) is 40.3 Å². The van der Waals surface area contributed by atoms with Gasteiger partial charge in [0, 0.05) is 35.4 Å². The lowest BCUT2D eigenvalue weighted by molar-refractivity contribution is 0.0697. The fraction of sp³-hybridized carbons (Fsp3) is 0.0968. The predicted octanol–water partition coefficient (Wildman–Crippen LogP) is 8.21. The molecule has 0 atom stereocenters. The molecule has 6 nitrogen and oxygen atoms in total. The summed E-state index contributed by atoms with van der Waals surface area (Å²) in [4.78, 5) is 16.2. The van der Waals surface area contributed by atoms with Crippen LogP contribution in [0.1, 0.15) is 28.7 Å². The van der Waals surface area contributed by atoms with Crippen LogP contribution in [-0.2, 0) is 13.0 Å². The monoisotopic (exact) mass is 557 g/mol. The van der Waals surface area contributed by atoms with Gasteiger partial charge < -0.3 is 20.1 Å². The first-order chi connectivity index (χ1) is 18.8. The van der Waals surface area contributed by atoms with Gasteiger partial charge in [-0.3, -0.25) is 0 Å². The Morgan fingerprint density at radius 3 is 2.23 bits per heavy atom. The number of rotatable bonds is 8. The van der Waals surface area contributed by atoms with E-state index < -0.39 is 5.97 Å². The maximum atomic E-state index is 11.3. The van der Waals surface area contributed by atoms with E-state index in [0.29, 0.717) is 28.0 Å². The second-order valence-electron chi connectivity index (χ2n) is 9.01. The summed E-state index contributed by atoms with van der Waals surface area (Å²) < 4.78 is 7.96. The molecule has 0 aliphatic carbocycles. The average molecular weight is 558 g/mol. The minimum absolute atomic E-state index is 0.00983. The normalized spacial score (nSPS) is 10.9. The van der Waals surface area contributed by atoms with Crippen molar-refractivity contribution >= 4 is 34.9 Å². The van der Waals surface area contributed by atoms with Crippen molar-refractivity contribution in [1.82, 2.24) is 9.55 Å². The molecular weight excluding hydrogens is 533 g/mol. The molecule has 0 saturated carbocycles. The van der Waals surface area contributed by atoms with E-state index >= 15 is 0 Å². The smallest absolute Gasteiger partial charge is 0.337 e. The summed E-state index contributed by atoms with van der Waals surface area (Å²) >= 11 is 12.5. The van der Waals surface area contributed by atoms with Gasteiger partial charge in [-0.2, -0.15) is 0 Å². The Bertz CT molecular complexity index is 1650. The molecule has 0 saturated heterocycles. The summed E-state index contributed by atoms with van der Waals surface area (Å²) in [6, 6.07) is 26.0. The Labute approximate surface area is 236 Å². The molecule has 8 heteroatoms. The van der Waals surface area contributed by atoms with Crippen molar-refractivity contribution < 1.29 is 14.6 Å². The van der Waals surface area contributed by atoms with Gasteiger partial charge in [0.05, 0.1) is 16.3 Å². The molecular formula is C31H25Cl2N3O3. The summed E-state index contributed by atoms with van der Waals surface area (Å²) in [6.45, 7) is 2.89. The first kappa shape index (κ1) is 26.4. The zero-order valence-electron chi connectivity index (χ0n) is 21.1. The number of hydrogen-bond acceptors (Lipinski definition) is 4. The number of nitrogens with zero attached hydrogens (tertiary/aromatic N) is 2. The number of aromatic carboxylic acids is 1. The first-order valence-electron chi connectivity index (χ1n) is 12.3. The number of carbonyl (C=O) groups is 1. The number of anilines is 1. The molecule has 39 heavy (non-hydrogen) atoms. The maximum absolute atomic E-state index is 11.3. The Morgan fingerprint density at radius 2 is 1.59 bits per heavy atom. The van der Waals surface area contributed by atoms with E-state index in [1.54, 1.807) is 12.1 Å². The lowest BCUT2D eigenvalue weighted by atomic mass is 10.0. The number of aromatic nitrogens is 2. The van der Waals surface area contributed by atoms with Crippen molar-refractivity contribution in [3.63, 3.8) is 0 Å². The van der Waals surface area contributed by atoms with Crippen molar-refractivity contribution in [1.29, 1.82) is 0 Å². The molecule has 1 heterocycles. The van der Waals surface area contributed by atoms with Crippen LogP contribution in [0.3, 0.4) is 0 Å². The highest BCUT2D eigenvalue weighted by Gasteiger charge is 2.13. The third-order valence-corrected chi connectivity index (χ3v) is 6.95. The van der Waals surface area contributed by atoms with E-state index in [2.05, 4.69) is 35.8 Å². The lowest BCUT2D eigenvalue weighted by Gasteiger charge is -2.09. The molecule has 0 aliphatic rings. The molecule has 0 amide bonds. The molecule has 0 aliphatic heterocycles. The second-order valence-corrected chi connectivity index (χ2v) is 9.85. The fourth-order valence-corrected chi connectivity index (χ4v) is 4.83. The Kier molecular flexibility index (Phi) is 7.59. The summed E-state index contributed by atoms with van der Waals surface area (Å²) in [5, 5.41) is 10.4. The van der Waals surface area contributed by atoms with Crippen LogP contribution in [0.25, 0.3) is 22.4 Å². The molecule has 5 aromatic rings. The standard InChI is InChI=1S/C31H25Cl2N3O3/c1-2-36-18-29(25-13-9-22(32)16-27(25)33)35-30(36)15-19-3-5-20(6-4-19)21-7-10-23(11-8-21)39-24-12-14-28(34)26(17-24)31(37)38/h3-14,16-18H,2,15,34H2,1H3,(H,37,38). The first-order valence-corrected chi connectivity index (χ1v) is 13.1. The summed E-state index contributed by atoms with van der Waals surface area (Å²) in [6.07, 6.45) is 2.71. The van der Waals surface area contributed by atoms with Gasteiger partial charge in [-0.25, -0.2) is 9.78 Å². The maximum Gasteiger partial charge on any atom is 0.337 e. The number of carboxylic acid groups (broad SMARTS) is 1. The number of nitrogens with two attached hydrogens (primary N) is 1. The molecule has 0 spiro atoms. The van der Waals surface area contributed by atoms with Gasteiger partial charge >= 0.3 is 5.97 Å². The van der Waals surface area contributed by atoms with Crippen LogP contribution in [0.5, 0.6) is 11.5 Å². The number of benzene rings is 4. The third-order valence-electron chi connectivity index (χ3n) is 6.40. The molecule has 196 valence electrons. The van der Waals surface area contributed by atoms with Crippen LogP contribution in [0, 0.1) is 0 Å². The minimum atomic E-state index is -1.10. The minimum Gasteiger partial charge on any atom is -0.478 e. The van der Waals surface area contributed by atoms with Crippen LogP contribution >= 0.6 is 23.2 Å². The third kappa shape index (κ3) is 5.93. The zero-order valence-corrected chi connectivity index (χ0v) is 22.6. The number of imidazole rings is 1. The van der Waals surface area contributed by atoms with Gasteiger partial charge in [0.25, 0.3) is 0 Å². The topological polar surface area (TPSA) is 90.4 Å². The molecule has 3 N–H and O–H groups in total. The summed E-state index contributed by atoms with van der Waals surface area (Å²) in [5.74, 6) is 0.869. The number of hydrogen-bond donors (Lipinski definition) is 2. The molecule has 0 unspecified atom stereocenters. The number of carboxylic acids is 1. The van der Waals surface area contributed by atoms with E-state index in [1.165, 1.54) is 12.1 Å². The quantitative estimate of drug-likeness (QED) is 0.187. The molecule has 0 bridgehead atoms. The number of aryl methyl sites for hydroxylation is 1. The fourth-order valence-electron chi connectivity index (χ4n) is 4.33. The van der Waals surface area contributed by atoms with Gasteiger partial charge in [0.2, 0.25) is 0 Å². The Balaban J connectivity index is 1.29. The number of halogens is 2. The summed E-state index contributed by atoms with van der Waals surface area (Å²) in [7, 11) is 0. The van der Waals surface area contributed by atoms with Gasteiger partial charge in [0.15, 0.2) is 0 Å². The van der Waals surface area contributed by atoms with Gasteiger partial charge in [-0.05, 0) is 72.1 Å². The van der Waals surface area contributed by atoms with E-state index in [4.69, 9.17) is 38.7 Å². The van der Waals surface area contributed by atoms with Crippen LogP contribution < -0.4 is 10.5 Å². The summed E-state index contributed by atoms with van der Waals surface area (Å²) in [5.41, 5.74) is 10.9. The second kappa shape index (κ2) is 11.2. The van der Waals surface area contributed by atoms with Gasteiger partial charge in [-0.1, -0.05) is 59.6 Å². The SMILES string of the molecule is CCn1cc(-c2ccc(Cl)cc2Cl)nc1Cc1ccc(-c2ccc(Oc3ccc(N)c(C(=O)O)c3)cc2)cc1. The van der Waals surface area contributed by atoms with Crippen LogP contribution in [0.2, 0.25) is 10.0 Å². The van der Waals surface area contributed by atoms with E-state index in [-0.39, 0.29) is 11.3 Å². The van der Waals surface area contributed by atoms with Gasteiger partial charge in [0.1, 0.15) is 17.3 Å². The zero-order chi connectivity index (χ0) is 27.5. The van der Waals surface area contributed by atoms with E-state index in [9.17, 15) is 9.90 Å². The predicted molar refractivity (Wildman–Crippen MR) is 156 cm³/mol. The van der Waals surface area contributed by atoms with Crippen LogP contribution in [0.15, 0.2) is 91.1 Å². The highest BCUT2D eigenvalue weighted by atomic mass is 35.5. The average Bonchev–Trinajstić information content (AvgIpc) is 3.33. The van der Waals surface area contributed by atoms with Crippen molar-refractivity contribution in [3.8, 4) is 33.9 Å². The molecule has 0 fully saturated rings.